The zero-order valence-corrected chi connectivity index (χ0v) is 16.0. The number of imide groups is 1. The summed E-state index contributed by atoms with van der Waals surface area (Å²) in [6.45, 7) is 7.25. The van der Waals surface area contributed by atoms with Crippen molar-refractivity contribution in [3.8, 4) is 0 Å². The standard InChI is InChI=1S/C18H22N4O3S/c1-10(2)22-17(24)16-13(9-26-20-16)21(18(22)25)8-14(23)19-15-11(3)6-5-7-12(15)4/h5-7,9-10,16,20H,8H2,1-4H3,(H,19,23). The first kappa shape index (κ1) is 18.5. The lowest BCUT2D eigenvalue weighted by Gasteiger charge is -2.39. The van der Waals surface area contributed by atoms with Gasteiger partial charge in [-0.1, -0.05) is 30.1 Å². The van der Waals surface area contributed by atoms with Gasteiger partial charge in [0, 0.05) is 17.1 Å². The second kappa shape index (κ2) is 7.13. The van der Waals surface area contributed by atoms with Crippen molar-refractivity contribution in [2.24, 2.45) is 0 Å². The molecule has 2 heterocycles. The molecule has 8 heteroatoms. The van der Waals surface area contributed by atoms with Crippen LogP contribution in [0.3, 0.4) is 0 Å². The van der Waals surface area contributed by atoms with E-state index >= 15 is 0 Å². The summed E-state index contributed by atoms with van der Waals surface area (Å²) in [4.78, 5) is 40.5. The predicted molar refractivity (Wildman–Crippen MR) is 101 cm³/mol. The number of rotatable bonds is 4. The predicted octanol–water partition coefficient (Wildman–Crippen LogP) is 2.38. The number of carbonyl (C=O) groups excluding carboxylic acids is 3. The topological polar surface area (TPSA) is 81.8 Å². The van der Waals surface area contributed by atoms with Gasteiger partial charge in [0.05, 0.1) is 5.70 Å². The largest absolute Gasteiger partial charge is 0.331 e. The van der Waals surface area contributed by atoms with E-state index in [0.29, 0.717) is 5.70 Å². The maximum atomic E-state index is 12.8. The van der Waals surface area contributed by atoms with Gasteiger partial charge in [-0.05, 0) is 38.8 Å². The Bertz CT molecular complexity index is 785. The maximum Gasteiger partial charge on any atom is 0.331 e. The summed E-state index contributed by atoms with van der Waals surface area (Å²) in [5.41, 5.74) is 3.19. The molecule has 1 aromatic rings. The van der Waals surface area contributed by atoms with Crippen LogP contribution in [0.4, 0.5) is 10.5 Å². The summed E-state index contributed by atoms with van der Waals surface area (Å²) in [5.74, 6) is -0.585. The number of nitrogens with zero attached hydrogens (tertiary/aromatic N) is 2. The average Bonchev–Trinajstić information content (AvgIpc) is 3.05. The first-order valence-corrected chi connectivity index (χ1v) is 9.31. The third-order valence-corrected chi connectivity index (χ3v) is 5.19. The van der Waals surface area contributed by atoms with Crippen molar-refractivity contribution < 1.29 is 14.4 Å². The van der Waals surface area contributed by atoms with Gasteiger partial charge in [0.1, 0.15) is 12.6 Å². The number of amides is 4. The minimum atomic E-state index is -0.604. The van der Waals surface area contributed by atoms with Crippen LogP contribution >= 0.6 is 11.9 Å². The molecule has 3 rings (SSSR count). The summed E-state index contributed by atoms with van der Waals surface area (Å²) >= 11 is 1.25. The molecule has 1 unspecified atom stereocenters. The fourth-order valence-corrected chi connectivity index (χ4v) is 3.94. The highest BCUT2D eigenvalue weighted by Gasteiger charge is 2.46. The highest BCUT2D eigenvalue weighted by Crippen LogP contribution is 2.30. The van der Waals surface area contributed by atoms with Crippen LogP contribution in [0.25, 0.3) is 0 Å². The van der Waals surface area contributed by atoms with Gasteiger partial charge in [0.25, 0.3) is 5.91 Å². The van der Waals surface area contributed by atoms with Gasteiger partial charge in [-0.3, -0.25) is 19.4 Å². The third kappa shape index (κ3) is 3.22. The molecule has 1 fully saturated rings. The lowest BCUT2D eigenvalue weighted by molar-refractivity contribution is -0.133. The van der Waals surface area contributed by atoms with Crippen LogP contribution in [-0.2, 0) is 9.59 Å². The number of anilines is 1. The number of hydrogen-bond donors (Lipinski definition) is 2. The molecule has 7 nitrogen and oxygen atoms in total. The molecule has 0 aliphatic carbocycles. The SMILES string of the molecule is Cc1cccc(C)c1NC(=O)CN1C(=O)N(C(C)C)C(=O)C2NSC=C21. The van der Waals surface area contributed by atoms with Gasteiger partial charge in [0.15, 0.2) is 0 Å². The van der Waals surface area contributed by atoms with Crippen molar-refractivity contribution in [2.75, 3.05) is 11.9 Å². The molecule has 26 heavy (non-hydrogen) atoms. The summed E-state index contributed by atoms with van der Waals surface area (Å²) in [6.07, 6.45) is 0. The van der Waals surface area contributed by atoms with E-state index in [2.05, 4.69) is 10.0 Å². The van der Waals surface area contributed by atoms with Crippen LogP contribution in [0.1, 0.15) is 25.0 Å². The zero-order valence-electron chi connectivity index (χ0n) is 15.2. The molecule has 0 saturated carbocycles. The van der Waals surface area contributed by atoms with Crippen LogP contribution in [-0.4, -0.2) is 46.3 Å². The number of urea groups is 1. The van der Waals surface area contributed by atoms with Crippen molar-refractivity contribution in [3.05, 3.63) is 40.4 Å². The first-order valence-electron chi connectivity index (χ1n) is 8.43. The number of carbonyl (C=O) groups is 3. The lowest BCUT2D eigenvalue weighted by Crippen LogP contribution is -2.62. The Morgan fingerprint density at radius 2 is 1.92 bits per heavy atom. The Balaban J connectivity index is 1.82. The molecule has 0 radical (unpaired) electrons. The Hall–Kier alpha value is -2.32. The molecule has 1 atom stereocenters. The van der Waals surface area contributed by atoms with Crippen molar-refractivity contribution in [1.82, 2.24) is 14.5 Å². The molecule has 2 aliphatic rings. The van der Waals surface area contributed by atoms with Crippen molar-refractivity contribution in [3.63, 3.8) is 0 Å². The van der Waals surface area contributed by atoms with Crippen molar-refractivity contribution >= 4 is 35.5 Å². The first-order chi connectivity index (χ1) is 12.3. The summed E-state index contributed by atoms with van der Waals surface area (Å²) in [5, 5.41) is 4.60. The molecule has 4 amide bonds. The average molecular weight is 374 g/mol. The van der Waals surface area contributed by atoms with Gasteiger partial charge >= 0.3 is 6.03 Å². The summed E-state index contributed by atoms with van der Waals surface area (Å²) < 4.78 is 2.99. The second-order valence-electron chi connectivity index (χ2n) is 6.70. The third-order valence-electron chi connectivity index (χ3n) is 4.46. The smallest absolute Gasteiger partial charge is 0.324 e. The zero-order chi connectivity index (χ0) is 19.0. The highest BCUT2D eigenvalue weighted by atomic mass is 32.2. The van der Waals surface area contributed by atoms with E-state index in [0.717, 1.165) is 16.8 Å². The normalized spacial score (nSPS) is 19.7. The number of fused-ring (bicyclic) bond motifs is 1. The Labute approximate surface area is 156 Å². The molecule has 0 aromatic heterocycles. The van der Waals surface area contributed by atoms with Gasteiger partial charge < -0.3 is 5.32 Å². The fraction of sp³-hybridized carbons (Fsp3) is 0.389. The lowest BCUT2D eigenvalue weighted by atomic mass is 10.1. The number of benzene rings is 1. The molecule has 1 saturated heterocycles. The van der Waals surface area contributed by atoms with Crippen LogP contribution in [0.5, 0.6) is 0 Å². The van der Waals surface area contributed by atoms with Crippen LogP contribution in [0, 0.1) is 13.8 Å². The maximum absolute atomic E-state index is 12.8. The fourth-order valence-electron chi connectivity index (χ4n) is 3.13. The minimum absolute atomic E-state index is 0.145. The van der Waals surface area contributed by atoms with E-state index in [1.165, 1.54) is 21.7 Å². The molecule has 138 valence electrons. The van der Waals surface area contributed by atoms with Crippen molar-refractivity contribution in [2.45, 2.75) is 39.8 Å². The highest BCUT2D eigenvalue weighted by molar-refractivity contribution is 8.00. The van der Waals surface area contributed by atoms with E-state index in [4.69, 9.17) is 0 Å². The number of para-hydroxylation sites is 1. The number of aryl methyl sites for hydroxylation is 2. The summed E-state index contributed by atoms with van der Waals surface area (Å²) in [7, 11) is 0. The molecule has 0 bridgehead atoms. The number of hydrogen-bond acceptors (Lipinski definition) is 5. The quantitative estimate of drug-likeness (QED) is 0.791. The molecule has 2 aliphatic heterocycles. The minimum Gasteiger partial charge on any atom is -0.324 e. The van der Waals surface area contributed by atoms with E-state index in [9.17, 15) is 14.4 Å². The van der Waals surface area contributed by atoms with Crippen LogP contribution in [0.15, 0.2) is 29.3 Å². The second-order valence-corrected chi connectivity index (χ2v) is 7.40. The van der Waals surface area contributed by atoms with Gasteiger partial charge in [-0.15, -0.1) is 0 Å². The van der Waals surface area contributed by atoms with Gasteiger partial charge in [-0.25, -0.2) is 9.52 Å². The number of nitrogens with one attached hydrogen (secondary N) is 2. The molecular weight excluding hydrogens is 352 g/mol. The van der Waals surface area contributed by atoms with Crippen LogP contribution < -0.4 is 10.0 Å². The van der Waals surface area contributed by atoms with E-state index in [1.807, 2.05) is 32.0 Å². The van der Waals surface area contributed by atoms with Crippen LogP contribution in [0.2, 0.25) is 0 Å². The van der Waals surface area contributed by atoms with Gasteiger partial charge in [-0.2, -0.15) is 0 Å². The molecule has 2 N–H and O–H groups in total. The molecule has 0 spiro atoms. The van der Waals surface area contributed by atoms with Gasteiger partial charge in [0.2, 0.25) is 5.91 Å². The monoisotopic (exact) mass is 374 g/mol. The van der Waals surface area contributed by atoms with Crippen molar-refractivity contribution in [1.29, 1.82) is 0 Å². The van der Waals surface area contributed by atoms with E-state index in [-0.39, 0.29) is 24.4 Å². The molecular formula is C18H22N4O3S. The van der Waals surface area contributed by atoms with E-state index < -0.39 is 12.1 Å². The Kier molecular flexibility index (Phi) is 5.06. The molecule has 1 aromatic carbocycles. The Morgan fingerprint density at radius 3 is 2.54 bits per heavy atom. The summed E-state index contributed by atoms with van der Waals surface area (Å²) in [6, 6.07) is 4.42. The Morgan fingerprint density at radius 1 is 1.27 bits per heavy atom. The van der Waals surface area contributed by atoms with E-state index in [1.54, 1.807) is 19.3 Å².